The van der Waals surface area contributed by atoms with E-state index in [2.05, 4.69) is 17.4 Å². The zero-order valence-electron chi connectivity index (χ0n) is 12.1. The highest BCUT2D eigenvalue weighted by Crippen LogP contribution is 2.40. The summed E-state index contributed by atoms with van der Waals surface area (Å²) in [7, 11) is 1.81. The Morgan fingerprint density at radius 2 is 1.90 bits per heavy atom. The van der Waals surface area contributed by atoms with Gasteiger partial charge in [0, 0.05) is 17.5 Å². The van der Waals surface area contributed by atoms with Crippen molar-refractivity contribution in [1.82, 2.24) is 5.32 Å². The number of hydrogen-bond donors (Lipinski definition) is 1. The Kier molecular flexibility index (Phi) is 4.02. The van der Waals surface area contributed by atoms with Gasteiger partial charge in [0.05, 0.1) is 0 Å². The standard InChI is InChI=1S/C18H19F2N/c1-21-18(15-10-5-11-16(19)17(15)20)14-9-4-7-12-6-2-3-8-13(12)14/h2-3,5-6,8,10-11,14,18,21H,4,7,9H2,1H3. The third-order valence-electron chi connectivity index (χ3n) is 4.45. The van der Waals surface area contributed by atoms with Crippen LogP contribution in [-0.4, -0.2) is 7.05 Å². The van der Waals surface area contributed by atoms with Crippen molar-refractivity contribution in [2.45, 2.75) is 31.2 Å². The minimum atomic E-state index is -0.781. The molecule has 2 aromatic rings. The van der Waals surface area contributed by atoms with Crippen LogP contribution in [-0.2, 0) is 6.42 Å². The number of hydrogen-bond acceptors (Lipinski definition) is 1. The molecule has 1 aliphatic carbocycles. The minimum Gasteiger partial charge on any atom is -0.312 e. The number of benzene rings is 2. The molecule has 0 fully saturated rings. The fourth-order valence-corrected chi connectivity index (χ4v) is 3.47. The van der Waals surface area contributed by atoms with Crippen LogP contribution in [0.25, 0.3) is 0 Å². The summed E-state index contributed by atoms with van der Waals surface area (Å²) in [5, 5.41) is 3.19. The second kappa shape index (κ2) is 5.94. The van der Waals surface area contributed by atoms with Gasteiger partial charge in [-0.05, 0) is 43.5 Å². The Balaban J connectivity index is 2.04. The van der Waals surface area contributed by atoms with E-state index in [1.165, 1.54) is 17.2 Å². The van der Waals surface area contributed by atoms with Crippen molar-refractivity contribution in [2.75, 3.05) is 7.05 Å². The van der Waals surface area contributed by atoms with Gasteiger partial charge in [0.25, 0.3) is 0 Å². The Labute approximate surface area is 124 Å². The van der Waals surface area contributed by atoms with E-state index in [4.69, 9.17) is 0 Å². The summed E-state index contributed by atoms with van der Waals surface area (Å²) in [6, 6.07) is 12.5. The Morgan fingerprint density at radius 3 is 2.71 bits per heavy atom. The lowest BCUT2D eigenvalue weighted by atomic mass is 9.76. The maximum atomic E-state index is 14.2. The van der Waals surface area contributed by atoms with E-state index in [1.54, 1.807) is 12.1 Å². The number of rotatable bonds is 3. The Morgan fingerprint density at radius 1 is 1.10 bits per heavy atom. The zero-order chi connectivity index (χ0) is 14.8. The van der Waals surface area contributed by atoms with Crippen LogP contribution >= 0.6 is 0 Å². The minimum absolute atomic E-state index is 0.177. The average molecular weight is 287 g/mol. The zero-order valence-corrected chi connectivity index (χ0v) is 12.1. The second-order valence-corrected chi connectivity index (χ2v) is 5.61. The molecule has 0 heterocycles. The van der Waals surface area contributed by atoms with E-state index in [9.17, 15) is 8.78 Å². The summed E-state index contributed by atoms with van der Waals surface area (Å²) in [4.78, 5) is 0. The Hall–Kier alpha value is -1.74. The highest BCUT2D eigenvalue weighted by molar-refractivity contribution is 5.36. The van der Waals surface area contributed by atoms with Crippen molar-refractivity contribution < 1.29 is 8.78 Å². The average Bonchev–Trinajstić information content (AvgIpc) is 2.52. The lowest BCUT2D eigenvalue weighted by Gasteiger charge is -2.32. The van der Waals surface area contributed by atoms with E-state index in [0.717, 1.165) is 19.3 Å². The van der Waals surface area contributed by atoms with Crippen molar-refractivity contribution in [3.63, 3.8) is 0 Å². The molecule has 2 aromatic carbocycles. The largest absolute Gasteiger partial charge is 0.312 e. The molecule has 0 radical (unpaired) electrons. The smallest absolute Gasteiger partial charge is 0.163 e. The molecule has 21 heavy (non-hydrogen) atoms. The fourth-order valence-electron chi connectivity index (χ4n) is 3.47. The highest BCUT2D eigenvalue weighted by Gasteiger charge is 2.30. The van der Waals surface area contributed by atoms with E-state index >= 15 is 0 Å². The van der Waals surface area contributed by atoms with Crippen LogP contribution in [0.5, 0.6) is 0 Å². The van der Waals surface area contributed by atoms with Gasteiger partial charge < -0.3 is 5.32 Å². The molecule has 2 unspecified atom stereocenters. The van der Waals surface area contributed by atoms with Crippen LogP contribution < -0.4 is 5.32 Å². The predicted molar refractivity (Wildman–Crippen MR) is 80.3 cm³/mol. The predicted octanol–water partition coefficient (Wildman–Crippen LogP) is 4.35. The van der Waals surface area contributed by atoms with Gasteiger partial charge in [-0.15, -0.1) is 0 Å². The molecule has 1 aliphatic rings. The van der Waals surface area contributed by atoms with Gasteiger partial charge in [0.15, 0.2) is 11.6 Å². The molecule has 110 valence electrons. The second-order valence-electron chi connectivity index (χ2n) is 5.61. The molecular formula is C18H19F2N. The fraction of sp³-hybridized carbons (Fsp3) is 0.333. The number of nitrogens with one attached hydrogen (secondary N) is 1. The highest BCUT2D eigenvalue weighted by atomic mass is 19.2. The van der Waals surface area contributed by atoms with Crippen LogP contribution in [0.15, 0.2) is 42.5 Å². The third-order valence-corrected chi connectivity index (χ3v) is 4.45. The van der Waals surface area contributed by atoms with Crippen molar-refractivity contribution in [1.29, 1.82) is 0 Å². The third kappa shape index (κ3) is 2.58. The van der Waals surface area contributed by atoms with E-state index in [0.29, 0.717) is 5.56 Å². The summed E-state index contributed by atoms with van der Waals surface area (Å²) < 4.78 is 27.7. The summed E-state index contributed by atoms with van der Waals surface area (Å²) in [5.41, 5.74) is 3.00. The molecule has 3 rings (SSSR count). The number of aryl methyl sites for hydroxylation is 1. The molecule has 0 amide bonds. The normalized spacial score (nSPS) is 19.1. The topological polar surface area (TPSA) is 12.0 Å². The maximum Gasteiger partial charge on any atom is 0.163 e. The molecule has 0 aromatic heterocycles. The lowest BCUT2D eigenvalue weighted by Crippen LogP contribution is -2.27. The van der Waals surface area contributed by atoms with Crippen molar-refractivity contribution in [3.8, 4) is 0 Å². The lowest BCUT2D eigenvalue weighted by molar-refractivity contribution is 0.401. The summed E-state index contributed by atoms with van der Waals surface area (Å²) in [6.45, 7) is 0. The van der Waals surface area contributed by atoms with Crippen LogP contribution in [0.2, 0.25) is 0 Å². The van der Waals surface area contributed by atoms with Crippen molar-refractivity contribution >= 4 is 0 Å². The van der Waals surface area contributed by atoms with E-state index < -0.39 is 11.6 Å². The van der Waals surface area contributed by atoms with Gasteiger partial charge in [0.2, 0.25) is 0 Å². The molecule has 0 bridgehead atoms. The van der Waals surface area contributed by atoms with Gasteiger partial charge in [0.1, 0.15) is 0 Å². The maximum absolute atomic E-state index is 14.2. The first-order chi connectivity index (χ1) is 10.2. The van der Waals surface area contributed by atoms with Crippen molar-refractivity contribution in [3.05, 3.63) is 70.8 Å². The summed E-state index contributed by atoms with van der Waals surface area (Å²) >= 11 is 0. The SMILES string of the molecule is CNC(c1cccc(F)c1F)C1CCCc2ccccc21. The number of fused-ring (bicyclic) bond motifs is 1. The first-order valence-corrected chi connectivity index (χ1v) is 7.41. The van der Waals surface area contributed by atoms with Crippen LogP contribution in [0.1, 0.15) is 41.5 Å². The van der Waals surface area contributed by atoms with Gasteiger partial charge in [-0.1, -0.05) is 36.4 Å². The van der Waals surface area contributed by atoms with Crippen LogP contribution in [0.3, 0.4) is 0 Å². The molecule has 0 saturated heterocycles. The molecule has 3 heteroatoms. The summed E-state index contributed by atoms with van der Waals surface area (Å²) in [6.07, 6.45) is 3.13. The molecular weight excluding hydrogens is 268 g/mol. The number of halogens is 2. The van der Waals surface area contributed by atoms with Crippen LogP contribution in [0, 0.1) is 11.6 Å². The Bertz CT molecular complexity index is 639. The monoisotopic (exact) mass is 287 g/mol. The first-order valence-electron chi connectivity index (χ1n) is 7.41. The van der Waals surface area contributed by atoms with Crippen molar-refractivity contribution in [2.24, 2.45) is 0 Å². The van der Waals surface area contributed by atoms with E-state index in [-0.39, 0.29) is 12.0 Å². The van der Waals surface area contributed by atoms with Gasteiger partial charge >= 0.3 is 0 Å². The molecule has 0 saturated carbocycles. The number of likely N-dealkylation sites (N-methyl/N-ethyl adjacent to an activating group) is 1. The molecule has 1 N–H and O–H groups in total. The first kappa shape index (κ1) is 14.2. The van der Waals surface area contributed by atoms with Crippen LogP contribution in [0.4, 0.5) is 8.78 Å². The van der Waals surface area contributed by atoms with Gasteiger partial charge in [-0.2, -0.15) is 0 Å². The van der Waals surface area contributed by atoms with Gasteiger partial charge in [-0.3, -0.25) is 0 Å². The summed E-state index contributed by atoms with van der Waals surface area (Å²) in [5.74, 6) is -1.34. The van der Waals surface area contributed by atoms with Gasteiger partial charge in [-0.25, -0.2) is 8.78 Å². The molecule has 0 aliphatic heterocycles. The van der Waals surface area contributed by atoms with E-state index in [1.807, 2.05) is 19.2 Å². The molecule has 1 nitrogen and oxygen atoms in total. The quantitative estimate of drug-likeness (QED) is 0.885. The molecule has 2 atom stereocenters. The molecule has 0 spiro atoms.